The van der Waals surface area contributed by atoms with Gasteiger partial charge in [0.2, 0.25) is 0 Å². The predicted molar refractivity (Wildman–Crippen MR) is 254 cm³/mol. The summed E-state index contributed by atoms with van der Waals surface area (Å²) in [4.78, 5) is 37.0. The van der Waals surface area contributed by atoms with Crippen LogP contribution in [0.3, 0.4) is 0 Å². The zero-order chi connectivity index (χ0) is 44.9. The summed E-state index contributed by atoms with van der Waals surface area (Å²) in [6.45, 7) is 4.56. The van der Waals surface area contributed by atoms with Gasteiger partial charge in [-0.1, -0.05) is 178 Å². The zero-order valence-electron chi connectivity index (χ0n) is 40.3. The quantitative estimate of drug-likeness (QED) is 0.0260. The van der Waals surface area contributed by atoms with Crippen LogP contribution in [0.1, 0.15) is 219 Å². The zero-order valence-corrected chi connectivity index (χ0v) is 40.3. The minimum atomic E-state index is -1.13. The molecule has 0 heterocycles. The van der Waals surface area contributed by atoms with Gasteiger partial charge in [-0.2, -0.15) is 0 Å². The van der Waals surface area contributed by atoms with Gasteiger partial charge in [0.25, 0.3) is 0 Å². The fourth-order valence-electron chi connectivity index (χ4n) is 7.32. The van der Waals surface area contributed by atoms with Crippen molar-refractivity contribution >= 4 is 17.9 Å². The van der Waals surface area contributed by atoms with E-state index >= 15 is 0 Å². The average Bonchev–Trinajstić information content (AvgIpc) is 3.22. The Morgan fingerprint density at radius 1 is 0.508 bits per heavy atom. The van der Waals surface area contributed by atoms with Gasteiger partial charge in [0.1, 0.15) is 12.6 Å². The van der Waals surface area contributed by atoms with Crippen LogP contribution in [0.4, 0.5) is 0 Å². The van der Waals surface area contributed by atoms with Gasteiger partial charge < -0.3 is 28.6 Å². The molecule has 0 amide bonds. The minimum absolute atomic E-state index is 0.0373. The van der Waals surface area contributed by atoms with E-state index in [1.165, 1.54) is 116 Å². The molecule has 8 nitrogen and oxygen atoms in total. The van der Waals surface area contributed by atoms with Crippen molar-refractivity contribution in [3.8, 4) is 0 Å². The highest BCUT2D eigenvalue weighted by molar-refractivity contribution is 5.70. The topological polar surface area (TPSA) is 102 Å². The van der Waals surface area contributed by atoms with Crippen LogP contribution in [-0.2, 0) is 28.6 Å². The normalized spacial score (nSPS) is 13.3. The molecule has 8 heteroatoms. The van der Waals surface area contributed by atoms with Gasteiger partial charge in [0.05, 0.1) is 40.3 Å². The largest absolute Gasteiger partial charge is 0.544 e. The van der Waals surface area contributed by atoms with Crippen LogP contribution in [0.15, 0.2) is 48.6 Å². The van der Waals surface area contributed by atoms with Crippen molar-refractivity contribution in [3.63, 3.8) is 0 Å². The molecule has 0 aliphatic carbocycles. The van der Waals surface area contributed by atoms with Crippen LogP contribution in [0.25, 0.3) is 0 Å². The number of hydrogen-bond acceptors (Lipinski definition) is 7. The summed E-state index contributed by atoms with van der Waals surface area (Å²) >= 11 is 0. The number of aliphatic carboxylic acids is 1. The van der Waals surface area contributed by atoms with Crippen LogP contribution in [0.5, 0.6) is 0 Å². The average molecular weight is 858 g/mol. The third-order valence-electron chi connectivity index (χ3n) is 11.2. The van der Waals surface area contributed by atoms with Gasteiger partial charge in [-0.15, -0.1) is 0 Å². The van der Waals surface area contributed by atoms with Crippen molar-refractivity contribution in [2.24, 2.45) is 0 Å². The standard InChI is InChI=1S/C53H95NO7/c1-6-8-10-12-14-16-18-20-22-24-25-26-27-28-30-31-33-35-37-39-41-43-51(55)60-48-49(47-59-46-45-50(53(57)58)54(3,4)5)61-52(56)44-42-40-38-36-34-32-29-23-21-19-17-15-13-11-9-7-2/h8,10,14,16,20,22-23,29,49-50H,6-7,9,11-13,15,17-19,21,24-28,30-48H2,1-5H3/b10-8+,16-14+,22-20+,29-23+. The van der Waals surface area contributed by atoms with E-state index in [2.05, 4.69) is 62.5 Å². The summed E-state index contributed by atoms with van der Waals surface area (Å²) in [5.41, 5.74) is 0. The van der Waals surface area contributed by atoms with Crippen molar-refractivity contribution in [3.05, 3.63) is 48.6 Å². The van der Waals surface area contributed by atoms with E-state index < -0.39 is 18.1 Å². The van der Waals surface area contributed by atoms with Crippen molar-refractivity contribution < 1.29 is 38.2 Å². The molecule has 0 spiro atoms. The first-order chi connectivity index (χ1) is 29.6. The Balaban J connectivity index is 4.24. The Kier molecular flexibility index (Phi) is 42.0. The molecule has 0 aliphatic heterocycles. The Bertz CT molecular complexity index is 1140. The Hall–Kier alpha value is -2.71. The molecule has 2 unspecified atom stereocenters. The summed E-state index contributed by atoms with van der Waals surface area (Å²) in [6, 6.07) is -0.728. The summed E-state index contributed by atoms with van der Waals surface area (Å²) in [5, 5.41) is 11.7. The molecule has 354 valence electrons. The number of unbranched alkanes of at least 4 members (excludes halogenated alkanes) is 23. The SMILES string of the molecule is CC/C=C/C/C=C/C/C=C/CCCCCCCCCCCCCC(=O)OCC(COCCC(C(=O)[O-])[N+](C)(C)C)OC(=O)CCCCCCC/C=C/CCCCCCCCC. The monoisotopic (exact) mass is 858 g/mol. The van der Waals surface area contributed by atoms with Crippen molar-refractivity contribution in [2.75, 3.05) is 41.0 Å². The first kappa shape index (κ1) is 58.3. The molecule has 0 N–H and O–H groups in total. The van der Waals surface area contributed by atoms with E-state index in [0.29, 0.717) is 12.8 Å². The molecule has 0 aromatic rings. The molecule has 61 heavy (non-hydrogen) atoms. The molecule has 0 aromatic carbocycles. The van der Waals surface area contributed by atoms with Crippen LogP contribution < -0.4 is 5.11 Å². The first-order valence-electron chi connectivity index (χ1n) is 25.2. The summed E-state index contributed by atoms with van der Waals surface area (Å²) in [7, 11) is 5.41. The second-order valence-electron chi connectivity index (χ2n) is 18.0. The van der Waals surface area contributed by atoms with E-state index in [1.807, 2.05) is 0 Å². The lowest BCUT2D eigenvalue weighted by Crippen LogP contribution is -2.55. The smallest absolute Gasteiger partial charge is 0.306 e. The Morgan fingerprint density at radius 2 is 0.918 bits per heavy atom. The van der Waals surface area contributed by atoms with Gasteiger partial charge in [-0.05, 0) is 70.6 Å². The van der Waals surface area contributed by atoms with Gasteiger partial charge in [-0.25, -0.2) is 0 Å². The minimum Gasteiger partial charge on any atom is -0.544 e. The molecule has 2 atom stereocenters. The number of ether oxygens (including phenoxy) is 3. The molecule has 0 rings (SSSR count). The number of rotatable bonds is 45. The van der Waals surface area contributed by atoms with Crippen molar-refractivity contribution in [1.29, 1.82) is 0 Å². The van der Waals surface area contributed by atoms with Crippen molar-refractivity contribution in [2.45, 2.75) is 231 Å². The molecule has 0 bridgehead atoms. The maximum absolute atomic E-state index is 12.8. The summed E-state index contributed by atoms with van der Waals surface area (Å²) < 4.78 is 17.2. The molecule has 0 aromatic heterocycles. The number of carbonyl (C=O) groups excluding carboxylic acids is 3. The van der Waals surface area contributed by atoms with Gasteiger partial charge in [-0.3, -0.25) is 9.59 Å². The molecule has 0 saturated heterocycles. The molecule has 0 radical (unpaired) electrons. The van der Waals surface area contributed by atoms with Gasteiger partial charge >= 0.3 is 11.9 Å². The molecule has 0 saturated carbocycles. The highest BCUT2D eigenvalue weighted by Gasteiger charge is 2.25. The third-order valence-corrected chi connectivity index (χ3v) is 11.2. The number of carboxylic acids is 1. The molecule has 0 fully saturated rings. The van der Waals surface area contributed by atoms with Crippen LogP contribution in [0, 0.1) is 0 Å². The molecule has 0 aliphatic rings. The van der Waals surface area contributed by atoms with E-state index in [0.717, 1.165) is 70.6 Å². The van der Waals surface area contributed by atoms with Gasteiger partial charge in [0.15, 0.2) is 6.10 Å². The number of allylic oxidation sites excluding steroid dienone is 8. The number of quaternary nitrogens is 1. The van der Waals surface area contributed by atoms with Crippen LogP contribution in [0.2, 0.25) is 0 Å². The maximum Gasteiger partial charge on any atom is 0.306 e. The van der Waals surface area contributed by atoms with E-state index in [9.17, 15) is 19.5 Å². The highest BCUT2D eigenvalue weighted by atomic mass is 16.6. The number of carboxylic acid groups (broad SMARTS) is 1. The fourth-order valence-corrected chi connectivity index (χ4v) is 7.32. The molecular weight excluding hydrogens is 763 g/mol. The number of carbonyl (C=O) groups is 3. The molecular formula is C53H95NO7. The van der Waals surface area contributed by atoms with E-state index in [-0.39, 0.29) is 42.7 Å². The maximum atomic E-state index is 12.8. The number of likely N-dealkylation sites (N-methyl/N-ethyl adjacent to an activating group) is 1. The third kappa shape index (κ3) is 42.4. The second-order valence-corrected chi connectivity index (χ2v) is 18.0. The lowest BCUT2D eigenvalue weighted by molar-refractivity contribution is -0.889. The second kappa shape index (κ2) is 43.9. The van der Waals surface area contributed by atoms with Gasteiger partial charge in [0, 0.05) is 19.3 Å². The first-order valence-corrected chi connectivity index (χ1v) is 25.2. The van der Waals surface area contributed by atoms with E-state index in [1.54, 1.807) is 21.1 Å². The predicted octanol–water partition coefficient (Wildman–Crippen LogP) is 13.0. The van der Waals surface area contributed by atoms with Crippen LogP contribution >= 0.6 is 0 Å². The lowest BCUT2D eigenvalue weighted by atomic mass is 10.0. The number of nitrogens with zero attached hydrogens (tertiary/aromatic N) is 1. The Labute approximate surface area is 376 Å². The lowest BCUT2D eigenvalue weighted by Gasteiger charge is -2.34. The summed E-state index contributed by atoms with van der Waals surface area (Å²) in [6.07, 6.45) is 52.8. The highest BCUT2D eigenvalue weighted by Crippen LogP contribution is 2.15. The number of hydrogen-bond donors (Lipinski definition) is 0. The number of esters is 2. The summed E-state index contributed by atoms with van der Waals surface area (Å²) in [5.74, 6) is -1.74. The van der Waals surface area contributed by atoms with E-state index in [4.69, 9.17) is 14.2 Å². The Morgan fingerprint density at radius 3 is 1.38 bits per heavy atom. The van der Waals surface area contributed by atoms with Crippen molar-refractivity contribution in [1.82, 2.24) is 0 Å². The fraction of sp³-hybridized carbons (Fsp3) is 0.792. The van der Waals surface area contributed by atoms with Crippen LogP contribution in [-0.4, -0.2) is 75.5 Å².